The van der Waals surface area contributed by atoms with Gasteiger partial charge in [0.05, 0.1) is 18.7 Å². The Balaban J connectivity index is 2.12. The number of carbonyl (C=O) groups is 1. The largest absolute Gasteiger partial charge is 0.497 e. The van der Waals surface area contributed by atoms with E-state index in [1.54, 1.807) is 12.3 Å². The molecular formula is C14H15FN2O2S. The van der Waals surface area contributed by atoms with Gasteiger partial charge in [0.25, 0.3) is 5.91 Å². The fourth-order valence-electron chi connectivity index (χ4n) is 1.72. The highest BCUT2D eigenvalue weighted by molar-refractivity contribution is 7.11. The van der Waals surface area contributed by atoms with E-state index < -0.39 is 11.7 Å². The first-order valence-electron chi connectivity index (χ1n) is 6.08. The summed E-state index contributed by atoms with van der Waals surface area (Å²) >= 11 is 1.50. The van der Waals surface area contributed by atoms with Crippen molar-refractivity contribution in [1.82, 2.24) is 10.3 Å². The van der Waals surface area contributed by atoms with Crippen molar-refractivity contribution in [1.29, 1.82) is 0 Å². The van der Waals surface area contributed by atoms with E-state index in [0.717, 1.165) is 9.88 Å². The number of nitrogens with one attached hydrogen (secondary N) is 1. The van der Waals surface area contributed by atoms with Crippen molar-refractivity contribution in [2.75, 3.05) is 7.11 Å². The molecule has 0 aliphatic carbocycles. The molecule has 0 fully saturated rings. The second-order valence-corrected chi connectivity index (χ2v) is 5.62. The zero-order valence-corrected chi connectivity index (χ0v) is 12.3. The number of methoxy groups -OCH3 is 1. The molecular weight excluding hydrogens is 279 g/mol. The van der Waals surface area contributed by atoms with Crippen molar-refractivity contribution in [2.45, 2.75) is 19.9 Å². The number of hydrogen-bond donors (Lipinski definition) is 1. The molecule has 0 saturated heterocycles. The number of aromatic nitrogens is 1. The van der Waals surface area contributed by atoms with Crippen molar-refractivity contribution in [3.8, 4) is 5.75 Å². The molecule has 6 heteroatoms. The topological polar surface area (TPSA) is 51.2 Å². The predicted octanol–water partition coefficient (Wildman–Crippen LogP) is 3.09. The summed E-state index contributed by atoms with van der Waals surface area (Å²) in [5.74, 6) is -0.697. The van der Waals surface area contributed by atoms with Gasteiger partial charge in [0, 0.05) is 17.1 Å². The molecule has 20 heavy (non-hydrogen) atoms. The summed E-state index contributed by atoms with van der Waals surface area (Å²) in [4.78, 5) is 17.3. The van der Waals surface area contributed by atoms with Crippen LogP contribution in [0.25, 0.3) is 0 Å². The summed E-state index contributed by atoms with van der Waals surface area (Å²) in [6.07, 6.45) is 1.75. The van der Waals surface area contributed by atoms with Gasteiger partial charge >= 0.3 is 0 Å². The number of nitrogens with zero attached hydrogens (tertiary/aromatic N) is 1. The molecule has 0 aliphatic heterocycles. The summed E-state index contributed by atoms with van der Waals surface area (Å²) in [6.45, 7) is 3.76. The minimum Gasteiger partial charge on any atom is -0.497 e. The lowest BCUT2D eigenvalue weighted by molar-refractivity contribution is 0.0935. The van der Waals surface area contributed by atoms with Crippen molar-refractivity contribution in [3.05, 3.63) is 45.7 Å². The molecule has 0 radical (unpaired) electrons. The van der Waals surface area contributed by atoms with Crippen LogP contribution in [0.1, 0.15) is 33.2 Å². The third kappa shape index (κ3) is 3.14. The van der Waals surface area contributed by atoms with Crippen LogP contribution in [0.4, 0.5) is 4.39 Å². The first kappa shape index (κ1) is 14.5. The summed E-state index contributed by atoms with van der Waals surface area (Å²) in [6, 6.07) is 3.88. The quantitative estimate of drug-likeness (QED) is 0.942. The molecule has 1 amide bonds. The lowest BCUT2D eigenvalue weighted by Crippen LogP contribution is -2.27. The summed E-state index contributed by atoms with van der Waals surface area (Å²) in [7, 11) is 1.45. The first-order valence-corrected chi connectivity index (χ1v) is 6.89. The number of rotatable bonds is 4. The van der Waals surface area contributed by atoms with E-state index in [-0.39, 0.29) is 11.6 Å². The highest BCUT2D eigenvalue weighted by atomic mass is 32.1. The van der Waals surface area contributed by atoms with Crippen LogP contribution in [-0.2, 0) is 0 Å². The van der Waals surface area contributed by atoms with Gasteiger partial charge in [-0.1, -0.05) is 0 Å². The fraction of sp³-hybridized carbons (Fsp3) is 0.286. The summed E-state index contributed by atoms with van der Waals surface area (Å²) in [5.41, 5.74) is -0.00840. The van der Waals surface area contributed by atoms with Crippen LogP contribution in [0, 0.1) is 12.7 Å². The third-order valence-corrected chi connectivity index (χ3v) is 3.87. The Bertz CT molecular complexity index is 627. The molecule has 1 N–H and O–H groups in total. The van der Waals surface area contributed by atoms with Crippen LogP contribution in [0.3, 0.4) is 0 Å². The van der Waals surface area contributed by atoms with Crippen LogP contribution >= 0.6 is 11.3 Å². The maximum atomic E-state index is 13.8. The van der Waals surface area contributed by atoms with Crippen molar-refractivity contribution in [3.63, 3.8) is 0 Å². The van der Waals surface area contributed by atoms with Crippen LogP contribution < -0.4 is 10.1 Å². The van der Waals surface area contributed by atoms with Crippen LogP contribution in [0.5, 0.6) is 5.75 Å². The lowest BCUT2D eigenvalue weighted by atomic mass is 10.2. The van der Waals surface area contributed by atoms with Gasteiger partial charge < -0.3 is 10.1 Å². The van der Waals surface area contributed by atoms with Crippen LogP contribution in [0.2, 0.25) is 0 Å². The highest BCUT2D eigenvalue weighted by Crippen LogP contribution is 2.21. The molecule has 106 valence electrons. The van der Waals surface area contributed by atoms with E-state index in [1.807, 2.05) is 13.8 Å². The Morgan fingerprint density at radius 1 is 1.50 bits per heavy atom. The van der Waals surface area contributed by atoms with E-state index in [9.17, 15) is 9.18 Å². The average molecular weight is 294 g/mol. The molecule has 2 aromatic rings. The summed E-state index contributed by atoms with van der Waals surface area (Å²) in [5, 5.41) is 3.53. The molecule has 4 nitrogen and oxygen atoms in total. The van der Waals surface area contributed by atoms with Crippen molar-refractivity contribution < 1.29 is 13.9 Å². The number of thiazole rings is 1. The molecule has 1 unspecified atom stereocenters. The molecule has 0 spiro atoms. The Kier molecular flexibility index (Phi) is 4.34. The molecule has 1 atom stereocenters. The predicted molar refractivity (Wildman–Crippen MR) is 75.7 cm³/mol. The molecule has 1 aromatic carbocycles. The van der Waals surface area contributed by atoms with E-state index >= 15 is 0 Å². The standard InChI is InChI=1S/C14H15FN2O2S/c1-8-7-16-14(20-8)9(2)17-13(18)11-5-4-10(19-3)6-12(11)15/h4-7,9H,1-3H3,(H,17,18). The Morgan fingerprint density at radius 2 is 2.25 bits per heavy atom. The summed E-state index contributed by atoms with van der Waals surface area (Å²) < 4.78 is 18.7. The monoisotopic (exact) mass is 294 g/mol. The number of carbonyl (C=O) groups excluding carboxylic acids is 1. The van der Waals surface area contributed by atoms with Crippen molar-refractivity contribution in [2.24, 2.45) is 0 Å². The van der Waals surface area contributed by atoms with E-state index in [1.165, 1.54) is 30.6 Å². The Morgan fingerprint density at radius 3 is 2.80 bits per heavy atom. The number of amides is 1. The Hall–Kier alpha value is -1.95. The molecule has 1 heterocycles. The van der Waals surface area contributed by atoms with E-state index in [0.29, 0.717) is 5.75 Å². The van der Waals surface area contributed by atoms with E-state index in [2.05, 4.69) is 10.3 Å². The minimum atomic E-state index is -0.607. The smallest absolute Gasteiger partial charge is 0.254 e. The zero-order chi connectivity index (χ0) is 14.7. The van der Waals surface area contributed by atoms with Crippen molar-refractivity contribution >= 4 is 17.2 Å². The number of ether oxygens (including phenoxy) is 1. The highest BCUT2D eigenvalue weighted by Gasteiger charge is 2.17. The lowest BCUT2D eigenvalue weighted by Gasteiger charge is -2.12. The maximum Gasteiger partial charge on any atom is 0.254 e. The molecule has 0 saturated carbocycles. The zero-order valence-electron chi connectivity index (χ0n) is 11.4. The molecule has 2 rings (SSSR count). The van der Waals surface area contributed by atoms with Gasteiger partial charge in [-0.15, -0.1) is 11.3 Å². The van der Waals surface area contributed by atoms with Crippen LogP contribution in [-0.4, -0.2) is 18.0 Å². The van der Waals surface area contributed by atoms with Gasteiger partial charge in [0.2, 0.25) is 0 Å². The molecule has 1 aromatic heterocycles. The van der Waals surface area contributed by atoms with Crippen LogP contribution in [0.15, 0.2) is 24.4 Å². The Labute approximate surface area is 120 Å². The SMILES string of the molecule is COc1ccc(C(=O)NC(C)c2ncc(C)s2)c(F)c1. The van der Waals surface area contributed by atoms with Gasteiger partial charge in [0.1, 0.15) is 16.6 Å². The number of hydrogen-bond acceptors (Lipinski definition) is 4. The molecule has 0 aliphatic rings. The van der Waals surface area contributed by atoms with Gasteiger partial charge in [-0.05, 0) is 26.0 Å². The fourth-order valence-corrected chi connectivity index (χ4v) is 2.49. The minimum absolute atomic E-state index is 0.00840. The van der Waals surface area contributed by atoms with Gasteiger partial charge in [0.15, 0.2) is 0 Å². The second-order valence-electron chi connectivity index (χ2n) is 4.35. The van der Waals surface area contributed by atoms with Gasteiger partial charge in [-0.2, -0.15) is 0 Å². The average Bonchev–Trinajstić information content (AvgIpc) is 2.85. The second kappa shape index (κ2) is 6.00. The normalized spacial score (nSPS) is 12.0. The number of benzene rings is 1. The first-order chi connectivity index (χ1) is 9.51. The number of halogens is 1. The molecule has 0 bridgehead atoms. The van der Waals surface area contributed by atoms with Gasteiger partial charge in [-0.3, -0.25) is 4.79 Å². The van der Waals surface area contributed by atoms with Gasteiger partial charge in [-0.25, -0.2) is 9.37 Å². The van der Waals surface area contributed by atoms with E-state index in [4.69, 9.17) is 4.74 Å². The number of aryl methyl sites for hydroxylation is 1. The maximum absolute atomic E-state index is 13.8. The third-order valence-electron chi connectivity index (χ3n) is 2.78.